The Labute approximate surface area is 92.1 Å². The minimum Gasteiger partial charge on any atom is -0.269 e. The van der Waals surface area contributed by atoms with Crippen molar-refractivity contribution in [1.82, 2.24) is 9.78 Å². The maximum atomic E-state index is 4.46. The number of hydrogen-bond acceptors (Lipinski definition) is 2. The van der Waals surface area contributed by atoms with E-state index in [0.717, 1.165) is 18.0 Å². The van der Waals surface area contributed by atoms with Gasteiger partial charge in [-0.15, -0.1) is 0 Å². The van der Waals surface area contributed by atoms with Gasteiger partial charge in [0.2, 0.25) is 0 Å². The zero-order valence-corrected chi connectivity index (χ0v) is 10.2. The lowest BCUT2D eigenvalue weighted by Crippen LogP contribution is -2.14. The molecule has 3 heteroatoms. The molecule has 2 nitrogen and oxygen atoms in total. The molecule has 0 aliphatic heterocycles. The molecule has 0 aromatic carbocycles. The quantitative estimate of drug-likeness (QED) is 0.743. The number of aryl methyl sites for hydroxylation is 2. The first-order chi connectivity index (χ1) is 6.67. The second kappa shape index (κ2) is 5.44. The highest BCUT2D eigenvalue weighted by molar-refractivity contribution is 7.80. The summed E-state index contributed by atoms with van der Waals surface area (Å²) in [5.41, 5.74) is 2.36. The highest BCUT2D eigenvalue weighted by Gasteiger charge is 2.09. The van der Waals surface area contributed by atoms with Gasteiger partial charge in [-0.3, -0.25) is 4.68 Å². The van der Waals surface area contributed by atoms with E-state index in [0.29, 0.717) is 5.92 Å². The lowest BCUT2D eigenvalue weighted by atomic mass is 10.1. The lowest BCUT2D eigenvalue weighted by molar-refractivity contribution is 0.421. The smallest absolute Gasteiger partial charge is 0.0596 e. The van der Waals surface area contributed by atoms with Crippen LogP contribution in [0.4, 0.5) is 0 Å². The van der Waals surface area contributed by atoms with Gasteiger partial charge in [-0.05, 0) is 38.0 Å². The van der Waals surface area contributed by atoms with E-state index in [1.54, 1.807) is 0 Å². The standard InChI is InChI=1S/C11H20N2S/c1-4-5-11(8-14)7-13-10(3)6-9(2)12-13/h6,11,14H,4-5,7-8H2,1-3H3. The van der Waals surface area contributed by atoms with Crippen molar-refractivity contribution < 1.29 is 0 Å². The molecule has 1 atom stereocenters. The highest BCUT2D eigenvalue weighted by Crippen LogP contribution is 2.13. The minimum atomic E-state index is 0.654. The predicted octanol–water partition coefficient (Wildman–Crippen LogP) is 2.85. The summed E-state index contributed by atoms with van der Waals surface area (Å²) in [5, 5.41) is 4.46. The van der Waals surface area contributed by atoms with Crippen LogP contribution in [0.25, 0.3) is 0 Å². The van der Waals surface area contributed by atoms with Crippen LogP contribution in [0.1, 0.15) is 31.2 Å². The van der Waals surface area contributed by atoms with Crippen molar-refractivity contribution in [3.05, 3.63) is 17.5 Å². The zero-order chi connectivity index (χ0) is 10.6. The molecule has 0 bridgehead atoms. The molecular weight excluding hydrogens is 192 g/mol. The van der Waals surface area contributed by atoms with E-state index in [4.69, 9.17) is 0 Å². The van der Waals surface area contributed by atoms with E-state index in [1.165, 1.54) is 18.5 Å². The van der Waals surface area contributed by atoms with Crippen LogP contribution in [0.3, 0.4) is 0 Å². The van der Waals surface area contributed by atoms with Crippen molar-refractivity contribution in [2.75, 3.05) is 5.75 Å². The highest BCUT2D eigenvalue weighted by atomic mass is 32.1. The summed E-state index contributed by atoms with van der Waals surface area (Å²) in [4.78, 5) is 0. The minimum absolute atomic E-state index is 0.654. The van der Waals surface area contributed by atoms with Gasteiger partial charge in [-0.1, -0.05) is 13.3 Å². The largest absolute Gasteiger partial charge is 0.269 e. The van der Waals surface area contributed by atoms with Crippen LogP contribution in [-0.4, -0.2) is 15.5 Å². The van der Waals surface area contributed by atoms with Crippen molar-refractivity contribution in [2.45, 2.75) is 40.2 Å². The van der Waals surface area contributed by atoms with E-state index in [1.807, 2.05) is 6.92 Å². The summed E-state index contributed by atoms with van der Waals surface area (Å²) < 4.78 is 2.10. The molecule has 0 aliphatic rings. The van der Waals surface area contributed by atoms with Gasteiger partial charge in [-0.25, -0.2) is 0 Å². The van der Waals surface area contributed by atoms with Gasteiger partial charge in [0.15, 0.2) is 0 Å². The Bertz CT molecular complexity index is 281. The number of aromatic nitrogens is 2. The fourth-order valence-corrected chi connectivity index (χ4v) is 2.05. The molecule has 0 fully saturated rings. The third-order valence-electron chi connectivity index (χ3n) is 2.49. The third kappa shape index (κ3) is 3.05. The summed E-state index contributed by atoms with van der Waals surface area (Å²) in [7, 11) is 0. The summed E-state index contributed by atoms with van der Waals surface area (Å²) in [6.07, 6.45) is 2.46. The van der Waals surface area contributed by atoms with Crippen LogP contribution in [0.2, 0.25) is 0 Å². The molecule has 1 unspecified atom stereocenters. The summed E-state index contributed by atoms with van der Waals surface area (Å²) in [6.45, 7) is 7.38. The first-order valence-corrected chi connectivity index (χ1v) is 5.92. The van der Waals surface area contributed by atoms with Gasteiger partial charge in [-0.2, -0.15) is 17.7 Å². The van der Waals surface area contributed by atoms with Crippen molar-refractivity contribution in [2.24, 2.45) is 5.92 Å². The van der Waals surface area contributed by atoms with Crippen LogP contribution in [0.5, 0.6) is 0 Å². The van der Waals surface area contributed by atoms with Gasteiger partial charge in [0.1, 0.15) is 0 Å². The Kier molecular flexibility index (Phi) is 4.52. The number of nitrogens with zero attached hydrogens (tertiary/aromatic N) is 2. The molecule has 1 aromatic rings. The Morgan fingerprint density at radius 1 is 1.50 bits per heavy atom. The number of hydrogen-bond donors (Lipinski definition) is 1. The molecule has 0 N–H and O–H groups in total. The molecule has 80 valence electrons. The molecule has 14 heavy (non-hydrogen) atoms. The average molecular weight is 212 g/mol. The van der Waals surface area contributed by atoms with Crippen LogP contribution < -0.4 is 0 Å². The average Bonchev–Trinajstić information content (AvgIpc) is 2.44. The van der Waals surface area contributed by atoms with Crippen LogP contribution in [0.15, 0.2) is 6.07 Å². The maximum Gasteiger partial charge on any atom is 0.0596 e. The fourth-order valence-electron chi connectivity index (χ4n) is 1.75. The Balaban J connectivity index is 2.61. The molecule has 1 heterocycles. The topological polar surface area (TPSA) is 17.8 Å². The summed E-state index contributed by atoms with van der Waals surface area (Å²) >= 11 is 4.38. The van der Waals surface area contributed by atoms with Crippen molar-refractivity contribution >= 4 is 12.6 Å². The monoisotopic (exact) mass is 212 g/mol. The maximum absolute atomic E-state index is 4.46. The number of rotatable bonds is 5. The van der Waals surface area contributed by atoms with Gasteiger partial charge < -0.3 is 0 Å². The second-order valence-corrected chi connectivity index (χ2v) is 4.31. The molecule has 0 amide bonds. The van der Waals surface area contributed by atoms with E-state index >= 15 is 0 Å². The molecule has 0 aliphatic carbocycles. The van der Waals surface area contributed by atoms with Gasteiger partial charge in [0, 0.05) is 12.2 Å². The molecule has 0 radical (unpaired) electrons. The van der Waals surface area contributed by atoms with E-state index in [-0.39, 0.29) is 0 Å². The lowest BCUT2D eigenvalue weighted by Gasteiger charge is -2.14. The van der Waals surface area contributed by atoms with Crippen molar-refractivity contribution in [3.8, 4) is 0 Å². The van der Waals surface area contributed by atoms with Gasteiger partial charge in [0.25, 0.3) is 0 Å². The fraction of sp³-hybridized carbons (Fsp3) is 0.727. The zero-order valence-electron chi connectivity index (χ0n) is 9.32. The molecule has 1 aromatic heterocycles. The SMILES string of the molecule is CCCC(CS)Cn1nc(C)cc1C. The van der Waals surface area contributed by atoms with Gasteiger partial charge in [0.05, 0.1) is 5.69 Å². The van der Waals surface area contributed by atoms with E-state index in [2.05, 4.69) is 42.3 Å². The van der Waals surface area contributed by atoms with Crippen molar-refractivity contribution in [3.63, 3.8) is 0 Å². The Morgan fingerprint density at radius 2 is 2.21 bits per heavy atom. The molecule has 0 saturated carbocycles. The number of thiol groups is 1. The van der Waals surface area contributed by atoms with Gasteiger partial charge >= 0.3 is 0 Å². The third-order valence-corrected chi connectivity index (χ3v) is 3.01. The first-order valence-electron chi connectivity index (χ1n) is 5.29. The molecule has 0 spiro atoms. The molecular formula is C11H20N2S. The first kappa shape index (κ1) is 11.6. The van der Waals surface area contributed by atoms with E-state index in [9.17, 15) is 0 Å². The Hall–Kier alpha value is -0.440. The molecule has 1 rings (SSSR count). The summed E-state index contributed by atoms with van der Waals surface area (Å²) in [6, 6.07) is 2.13. The normalized spacial score (nSPS) is 13.1. The second-order valence-electron chi connectivity index (χ2n) is 3.95. The Morgan fingerprint density at radius 3 is 2.64 bits per heavy atom. The van der Waals surface area contributed by atoms with Crippen LogP contribution in [0, 0.1) is 19.8 Å². The van der Waals surface area contributed by atoms with Crippen LogP contribution >= 0.6 is 12.6 Å². The predicted molar refractivity (Wildman–Crippen MR) is 64.0 cm³/mol. The summed E-state index contributed by atoms with van der Waals surface area (Å²) in [5.74, 6) is 1.60. The van der Waals surface area contributed by atoms with Crippen LogP contribution in [-0.2, 0) is 6.54 Å². The molecule has 0 saturated heterocycles. The van der Waals surface area contributed by atoms with Crippen molar-refractivity contribution in [1.29, 1.82) is 0 Å². The van der Waals surface area contributed by atoms with E-state index < -0.39 is 0 Å².